The molecule has 0 aliphatic carbocycles. The summed E-state index contributed by atoms with van der Waals surface area (Å²) in [4.78, 5) is 16.0. The van der Waals surface area contributed by atoms with Crippen molar-refractivity contribution in [2.45, 2.75) is 25.3 Å². The van der Waals surface area contributed by atoms with E-state index in [0.29, 0.717) is 29.4 Å². The zero-order valence-corrected chi connectivity index (χ0v) is 23.6. The van der Waals surface area contributed by atoms with Crippen molar-refractivity contribution in [1.29, 1.82) is 0 Å². The summed E-state index contributed by atoms with van der Waals surface area (Å²) < 4.78 is 64.7. The number of sulfonamides is 1. The standard InChI is InChI=1S/C31H26F2N4O4S/c1-3-36-19-26(22-14-16-34-17-15-22)30(35-36)25-10-7-11-28(21(25)2)37(20-41-31(38)23-8-5-4-6-9-23)42(39,40)29-18-24(32)12-13-27(29)33/h4-19H,3,20H2,1-2H3. The van der Waals surface area contributed by atoms with Crippen LogP contribution in [0.2, 0.25) is 0 Å². The summed E-state index contributed by atoms with van der Waals surface area (Å²) in [5.74, 6) is -2.87. The first-order chi connectivity index (χ1) is 20.2. The Balaban J connectivity index is 1.64. The van der Waals surface area contributed by atoms with Crippen molar-refractivity contribution < 1.29 is 26.7 Å². The molecule has 42 heavy (non-hydrogen) atoms. The number of hydrogen-bond acceptors (Lipinski definition) is 6. The molecule has 0 unspecified atom stereocenters. The molecule has 0 aliphatic rings. The quantitative estimate of drug-likeness (QED) is 0.150. The molecule has 0 fully saturated rings. The predicted octanol–water partition coefficient (Wildman–Crippen LogP) is 6.23. The first-order valence-corrected chi connectivity index (χ1v) is 14.4. The average molecular weight is 589 g/mol. The van der Waals surface area contributed by atoms with Crippen LogP contribution in [0, 0.1) is 18.6 Å². The number of carbonyl (C=O) groups excluding carboxylic acids is 1. The van der Waals surface area contributed by atoms with Crippen LogP contribution in [0.25, 0.3) is 22.4 Å². The van der Waals surface area contributed by atoms with E-state index in [-0.39, 0.29) is 11.3 Å². The Hall–Kier alpha value is -4.90. The van der Waals surface area contributed by atoms with Gasteiger partial charge in [-0.15, -0.1) is 0 Å². The molecule has 0 aliphatic heterocycles. The molecule has 8 nitrogen and oxygen atoms in total. The number of halogens is 2. The van der Waals surface area contributed by atoms with E-state index in [2.05, 4.69) is 4.98 Å². The van der Waals surface area contributed by atoms with E-state index in [1.165, 1.54) is 18.2 Å². The molecule has 0 N–H and O–H groups in total. The van der Waals surface area contributed by atoms with Gasteiger partial charge in [0.1, 0.15) is 22.2 Å². The predicted molar refractivity (Wildman–Crippen MR) is 154 cm³/mol. The second kappa shape index (κ2) is 11.9. The van der Waals surface area contributed by atoms with Gasteiger partial charge in [0.25, 0.3) is 10.0 Å². The molecule has 3 aromatic carbocycles. The van der Waals surface area contributed by atoms with Crippen molar-refractivity contribution in [3.8, 4) is 22.4 Å². The smallest absolute Gasteiger partial charge is 0.339 e. The Morgan fingerprint density at radius 3 is 2.40 bits per heavy atom. The molecular formula is C31H26F2N4O4S. The van der Waals surface area contributed by atoms with Gasteiger partial charge in [-0.1, -0.05) is 30.3 Å². The number of benzene rings is 3. The van der Waals surface area contributed by atoms with Gasteiger partial charge < -0.3 is 4.74 Å². The number of hydrogen-bond donors (Lipinski definition) is 0. The lowest BCUT2D eigenvalue weighted by molar-refractivity contribution is 0.0520. The van der Waals surface area contributed by atoms with E-state index in [1.807, 2.05) is 25.3 Å². The molecule has 0 amide bonds. The Bertz CT molecular complexity index is 1850. The number of aromatic nitrogens is 3. The molecular weight excluding hydrogens is 562 g/mol. The van der Waals surface area contributed by atoms with Crippen LogP contribution in [0.1, 0.15) is 22.8 Å². The first-order valence-electron chi connectivity index (χ1n) is 13.0. The highest BCUT2D eigenvalue weighted by molar-refractivity contribution is 7.92. The Morgan fingerprint density at radius 1 is 0.952 bits per heavy atom. The zero-order chi connectivity index (χ0) is 29.9. The third-order valence-electron chi connectivity index (χ3n) is 6.69. The number of anilines is 1. The molecule has 2 heterocycles. The lowest BCUT2D eigenvalue weighted by Crippen LogP contribution is -2.35. The monoisotopic (exact) mass is 588 g/mol. The third kappa shape index (κ3) is 5.64. The Kier molecular flexibility index (Phi) is 8.12. The summed E-state index contributed by atoms with van der Waals surface area (Å²) in [6.07, 6.45) is 5.21. The second-order valence-corrected chi connectivity index (χ2v) is 11.1. The average Bonchev–Trinajstić information content (AvgIpc) is 3.44. The normalized spacial score (nSPS) is 11.3. The fourth-order valence-corrected chi connectivity index (χ4v) is 5.97. The largest absolute Gasteiger partial charge is 0.440 e. The lowest BCUT2D eigenvalue weighted by Gasteiger charge is -2.26. The Labute approximate surface area is 241 Å². The van der Waals surface area contributed by atoms with Crippen molar-refractivity contribution >= 4 is 21.7 Å². The fourth-order valence-electron chi connectivity index (χ4n) is 4.51. The fraction of sp³-hybridized carbons (Fsp3) is 0.129. The lowest BCUT2D eigenvalue weighted by atomic mass is 9.98. The maximum atomic E-state index is 14.8. The molecule has 0 spiro atoms. The van der Waals surface area contributed by atoms with Crippen LogP contribution in [-0.4, -0.2) is 35.9 Å². The number of ether oxygens (including phenoxy) is 1. The first kappa shape index (κ1) is 28.6. The SMILES string of the molecule is CCn1cc(-c2ccncc2)c(-c2cccc(N(COC(=O)c3ccccc3)S(=O)(=O)c3cc(F)ccc3F)c2C)n1. The molecule has 2 aromatic heterocycles. The van der Waals surface area contributed by atoms with Gasteiger partial charge in [0.2, 0.25) is 0 Å². The third-order valence-corrected chi connectivity index (χ3v) is 8.44. The van der Waals surface area contributed by atoms with Crippen LogP contribution in [0.5, 0.6) is 0 Å². The van der Waals surface area contributed by atoms with Gasteiger partial charge in [0, 0.05) is 36.3 Å². The van der Waals surface area contributed by atoms with Crippen molar-refractivity contribution in [3.63, 3.8) is 0 Å². The molecule has 0 saturated carbocycles. The topological polar surface area (TPSA) is 94.4 Å². The van der Waals surface area contributed by atoms with Gasteiger partial charge in [-0.25, -0.2) is 26.3 Å². The Morgan fingerprint density at radius 2 is 1.69 bits per heavy atom. The number of pyridine rings is 1. The van der Waals surface area contributed by atoms with E-state index in [4.69, 9.17) is 9.84 Å². The number of aryl methyl sites for hydroxylation is 1. The van der Waals surface area contributed by atoms with Gasteiger partial charge in [0.05, 0.1) is 11.3 Å². The van der Waals surface area contributed by atoms with E-state index in [0.717, 1.165) is 27.6 Å². The molecule has 0 saturated heterocycles. The minimum Gasteiger partial charge on any atom is -0.440 e. The minimum atomic E-state index is -4.76. The molecule has 0 atom stereocenters. The van der Waals surface area contributed by atoms with Crippen molar-refractivity contribution in [2.75, 3.05) is 11.0 Å². The highest BCUT2D eigenvalue weighted by atomic mass is 32.2. The van der Waals surface area contributed by atoms with Crippen molar-refractivity contribution in [3.05, 3.63) is 120 Å². The summed E-state index contributed by atoms with van der Waals surface area (Å²) in [5.41, 5.74) is 3.59. The maximum absolute atomic E-state index is 14.8. The molecule has 5 rings (SSSR count). The van der Waals surface area contributed by atoms with Gasteiger partial charge in [-0.05, 0) is 73.5 Å². The molecule has 0 bridgehead atoms. The summed E-state index contributed by atoms with van der Waals surface area (Å²) >= 11 is 0. The van der Waals surface area contributed by atoms with Crippen LogP contribution in [-0.2, 0) is 21.3 Å². The summed E-state index contributed by atoms with van der Waals surface area (Å²) in [7, 11) is -4.76. The zero-order valence-electron chi connectivity index (χ0n) is 22.7. The molecule has 214 valence electrons. The highest BCUT2D eigenvalue weighted by Gasteiger charge is 2.32. The van der Waals surface area contributed by atoms with Gasteiger partial charge in [-0.3, -0.25) is 9.67 Å². The molecule has 11 heteroatoms. The minimum absolute atomic E-state index is 0.101. The van der Waals surface area contributed by atoms with E-state index in [9.17, 15) is 22.0 Å². The van der Waals surface area contributed by atoms with E-state index >= 15 is 0 Å². The number of rotatable bonds is 9. The van der Waals surface area contributed by atoms with Crippen molar-refractivity contribution in [1.82, 2.24) is 14.8 Å². The van der Waals surface area contributed by atoms with E-state index in [1.54, 1.807) is 54.3 Å². The highest BCUT2D eigenvalue weighted by Crippen LogP contribution is 2.38. The molecule has 0 radical (unpaired) electrons. The van der Waals surface area contributed by atoms with E-state index < -0.39 is 39.3 Å². The number of esters is 1. The van der Waals surface area contributed by atoms with Crippen LogP contribution in [0.3, 0.4) is 0 Å². The van der Waals surface area contributed by atoms with Crippen LogP contribution in [0.4, 0.5) is 14.5 Å². The summed E-state index contributed by atoms with van der Waals surface area (Å²) in [6, 6.07) is 18.8. The number of carbonyl (C=O) groups is 1. The number of nitrogens with zero attached hydrogens (tertiary/aromatic N) is 4. The summed E-state index contributed by atoms with van der Waals surface area (Å²) in [6.45, 7) is 3.43. The summed E-state index contributed by atoms with van der Waals surface area (Å²) in [5, 5.41) is 4.73. The van der Waals surface area contributed by atoms with Crippen LogP contribution < -0.4 is 4.31 Å². The second-order valence-electron chi connectivity index (χ2n) is 9.29. The van der Waals surface area contributed by atoms with Gasteiger partial charge in [0.15, 0.2) is 6.73 Å². The van der Waals surface area contributed by atoms with Gasteiger partial charge >= 0.3 is 5.97 Å². The van der Waals surface area contributed by atoms with Crippen LogP contribution >= 0.6 is 0 Å². The maximum Gasteiger partial charge on any atom is 0.339 e. The molecule has 5 aromatic rings. The van der Waals surface area contributed by atoms with Gasteiger partial charge in [-0.2, -0.15) is 5.10 Å². The van der Waals surface area contributed by atoms with Crippen molar-refractivity contribution in [2.24, 2.45) is 0 Å². The van der Waals surface area contributed by atoms with Crippen LogP contribution in [0.15, 0.2) is 102 Å².